The Hall–Kier alpha value is -3.07. The predicted octanol–water partition coefficient (Wildman–Crippen LogP) is 0.266. The number of carbonyl (C=O) groups excluding carboxylic acids is 5. The SMILES string of the molecule is NCCCCNC(=O)CCc1cccc2c1C(=O)N(C1CCCC(=O)NC1=O)C2=O. The topological polar surface area (TPSA) is 139 Å². The Morgan fingerprint density at radius 2 is 1.97 bits per heavy atom. The lowest BCUT2D eigenvalue weighted by molar-refractivity contribution is -0.131. The number of nitrogens with zero attached hydrogens (tertiary/aromatic N) is 1. The molecule has 1 saturated heterocycles. The van der Waals surface area contributed by atoms with E-state index >= 15 is 0 Å². The normalized spacial score (nSPS) is 18.8. The number of hydrogen-bond acceptors (Lipinski definition) is 6. The number of unbranched alkanes of at least 4 members (excludes halogenated alkanes) is 1. The van der Waals surface area contributed by atoms with E-state index in [0.717, 1.165) is 17.7 Å². The summed E-state index contributed by atoms with van der Waals surface area (Å²) in [6.45, 7) is 1.12. The number of aryl methyl sites for hydroxylation is 1. The van der Waals surface area contributed by atoms with Crippen molar-refractivity contribution in [2.75, 3.05) is 13.1 Å². The van der Waals surface area contributed by atoms with E-state index in [0.29, 0.717) is 31.5 Å². The van der Waals surface area contributed by atoms with Crippen molar-refractivity contribution in [3.8, 4) is 0 Å². The molecule has 0 saturated carbocycles. The average molecular weight is 414 g/mol. The Kier molecular flexibility index (Phi) is 6.94. The van der Waals surface area contributed by atoms with Gasteiger partial charge in [0.1, 0.15) is 6.04 Å². The van der Waals surface area contributed by atoms with Crippen LogP contribution in [0.2, 0.25) is 0 Å². The zero-order chi connectivity index (χ0) is 21.7. The van der Waals surface area contributed by atoms with E-state index in [1.165, 1.54) is 0 Å². The fourth-order valence-electron chi connectivity index (χ4n) is 3.82. The minimum atomic E-state index is -1.01. The van der Waals surface area contributed by atoms with E-state index < -0.39 is 29.7 Å². The van der Waals surface area contributed by atoms with E-state index in [2.05, 4.69) is 10.6 Å². The Bertz CT molecular complexity index is 882. The van der Waals surface area contributed by atoms with Crippen molar-refractivity contribution in [1.82, 2.24) is 15.5 Å². The monoisotopic (exact) mass is 414 g/mol. The first-order chi connectivity index (χ1) is 14.4. The van der Waals surface area contributed by atoms with Gasteiger partial charge in [-0.25, -0.2) is 0 Å². The van der Waals surface area contributed by atoms with Crippen LogP contribution in [-0.2, 0) is 20.8 Å². The smallest absolute Gasteiger partial charge is 0.262 e. The third-order valence-electron chi connectivity index (χ3n) is 5.37. The minimum absolute atomic E-state index is 0.139. The number of benzene rings is 1. The Morgan fingerprint density at radius 3 is 2.73 bits per heavy atom. The van der Waals surface area contributed by atoms with Crippen molar-refractivity contribution in [3.63, 3.8) is 0 Å². The van der Waals surface area contributed by atoms with E-state index in [-0.39, 0.29) is 36.3 Å². The van der Waals surface area contributed by atoms with Gasteiger partial charge in [-0.3, -0.25) is 34.2 Å². The second-order valence-corrected chi connectivity index (χ2v) is 7.49. The van der Waals surface area contributed by atoms with Gasteiger partial charge in [-0.1, -0.05) is 12.1 Å². The summed E-state index contributed by atoms with van der Waals surface area (Å²) < 4.78 is 0. The van der Waals surface area contributed by atoms with Crippen molar-refractivity contribution < 1.29 is 24.0 Å². The molecule has 0 radical (unpaired) electrons. The highest BCUT2D eigenvalue weighted by Crippen LogP contribution is 2.30. The number of nitrogens with one attached hydrogen (secondary N) is 2. The van der Waals surface area contributed by atoms with Crippen LogP contribution in [0, 0.1) is 0 Å². The van der Waals surface area contributed by atoms with Crippen LogP contribution >= 0.6 is 0 Å². The molecule has 2 aliphatic rings. The number of hydrogen-bond donors (Lipinski definition) is 3. The second kappa shape index (κ2) is 9.62. The van der Waals surface area contributed by atoms with Gasteiger partial charge in [-0.15, -0.1) is 0 Å². The fourth-order valence-corrected chi connectivity index (χ4v) is 3.82. The maximum absolute atomic E-state index is 13.1. The van der Waals surface area contributed by atoms with Gasteiger partial charge >= 0.3 is 0 Å². The van der Waals surface area contributed by atoms with Gasteiger partial charge in [-0.05, 0) is 50.3 Å². The molecular formula is C21H26N4O5. The Balaban J connectivity index is 1.72. The maximum Gasteiger partial charge on any atom is 0.262 e. The third-order valence-corrected chi connectivity index (χ3v) is 5.37. The Morgan fingerprint density at radius 1 is 1.17 bits per heavy atom. The molecule has 3 rings (SSSR count). The summed E-state index contributed by atoms with van der Waals surface area (Å²) in [4.78, 5) is 62.9. The molecule has 0 aromatic heterocycles. The van der Waals surface area contributed by atoms with Crippen LogP contribution in [0.3, 0.4) is 0 Å². The maximum atomic E-state index is 13.1. The Labute approximate surface area is 174 Å². The molecule has 2 heterocycles. The van der Waals surface area contributed by atoms with Gasteiger partial charge in [0.05, 0.1) is 11.1 Å². The van der Waals surface area contributed by atoms with Crippen LogP contribution in [0.15, 0.2) is 18.2 Å². The molecule has 0 spiro atoms. The summed E-state index contributed by atoms with van der Waals surface area (Å²) in [5.74, 6) is -2.27. The lowest BCUT2D eigenvalue weighted by Crippen LogP contribution is -2.49. The first-order valence-corrected chi connectivity index (χ1v) is 10.2. The minimum Gasteiger partial charge on any atom is -0.356 e. The van der Waals surface area contributed by atoms with Crippen molar-refractivity contribution >= 4 is 29.5 Å². The van der Waals surface area contributed by atoms with Crippen molar-refractivity contribution in [1.29, 1.82) is 0 Å². The van der Waals surface area contributed by atoms with Crippen molar-refractivity contribution in [2.45, 2.75) is 51.0 Å². The molecular weight excluding hydrogens is 388 g/mol. The molecule has 1 atom stereocenters. The number of carbonyl (C=O) groups is 5. The molecule has 1 aromatic rings. The summed E-state index contributed by atoms with van der Waals surface area (Å²) in [5.41, 5.74) is 6.48. The molecule has 0 bridgehead atoms. The van der Waals surface area contributed by atoms with Crippen LogP contribution in [0.4, 0.5) is 0 Å². The van der Waals surface area contributed by atoms with E-state index in [4.69, 9.17) is 5.73 Å². The molecule has 4 N–H and O–H groups in total. The molecule has 1 fully saturated rings. The van der Waals surface area contributed by atoms with E-state index in [1.807, 2.05) is 0 Å². The summed E-state index contributed by atoms with van der Waals surface area (Å²) in [6, 6.07) is 3.92. The molecule has 160 valence electrons. The molecule has 0 aliphatic carbocycles. The summed E-state index contributed by atoms with van der Waals surface area (Å²) >= 11 is 0. The number of rotatable bonds is 8. The zero-order valence-corrected chi connectivity index (χ0v) is 16.7. The van der Waals surface area contributed by atoms with E-state index in [1.54, 1.807) is 18.2 Å². The summed E-state index contributed by atoms with van der Waals surface area (Å²) in [7, 11) is 0. The van der Waals surface area contributed by atoms with Gasteiger partial charge in [0.25, 0.3) is 11.8 Å². The lowest BCUT2D eigenvalue weighted by Gasteiger charge is -2.23. The van der Waals surface area contributed by atoms with Crippen LogP contribution in [0.5, 0.6) is 0 Å². The van der Waals surface area contributed by atoms with Crippen LogP contribution in [0.25, 0.3) is 0 Å². The lowest BCUT2D eigenvalue weighted by atomic mass is 9.99. The first kappa shape index (κ1) is 21.6. The van der Waals surface area contributed by atoms with Gasteiger partial charge in [0, 0.05) is 19.4 Å². The standard InChI is InChI=1S/C21H26N4O5/c22-11-1-2-12-23-16(26)10-9-13-5-3-6-14-18(13)21(30)25(20(14)29)15-7-4-8-17(27)24-19(15)28/h3,5-6,15H,1-2,4,7-12,22H2,(H,23,26)(H,24,27,28). The van der Waals surface area contributed by atoms with Crippen molar-refractivity contribution in [3.05, 3.63) is 34.9 Å². The number of imide groups is 2. The molecule has 1 aromatic carbocycles. The molecule has 30 heavy (non-hydrogen) atoms. The summed E-state index contributed by atoms with van der Waals surface area (Å²) in [6.07, 6.45) is 2.94. The fraction of sp³-hybridized carbons (Fsp3) is 0.476. The second-order valence-electron chi connectivity index (χ2n) is 7.49. The third kappa shape index (κ3) is 4.56. The van der Waals surface area contributed by atoms with E-state index in [9.17, 15) is 24.0 Å². The molecule has 1 unspecified atom stereocenters. The number of amides is 5. The van der Waals surface area contributed by atoms with Gasteiger partial charge in [-0.2, -0.15) is 0 Å². The van der Waals surface area contributed by atoms with Crippen LogP contribution in [-0.4, -0.2) is 53.6 Å². The highest BCUT2D eigenvalue weighted by molar-refractivity contribution is 6.23. The largest absolute Gasteiger partial charge is 0.356 e. The first-order valence-electron chi connectivity index (χ1n) is 10.2. The summed E-state index contributed by atoms with van der Waals surface area (Å²) in [5, 5.41) is 5.05. The highest BCUT2D eigenvalue weighted by atomic mass is 16.2. The molecule has 9 heteroatoms. The predicted molar refractivity (Wildman–Crippen MR) is 107 cm³/mol. The molecule has 2 aliphatic heterocycles. The van der Waals surface area contributed by atoms with Gasteiger partial charge in [0.15, 0.2) is 0 Å². The average Bonchev–Trinajstić information content (AvgIpc) is 2.86. The molecule has 5 amide bonds. The van der Waals surface area contributed by atoms with Gasteiger partial charge in [0.2, 0.25) is 17.7 Å². The molecule has 9 nitrogen and oxygen atoms in total. The highest BCUT2D eigenvalue weighted by Gasteiger charge is 2.44. The van der Waals surface area contributed by atoms with Crippen LogP contribution in [0.1, 0.15) is 64.8 Å². The van der Waals surface area contributed by atoms with Gasteiger partial charge < -0.3 is 11.1 Å². The van der Waals surface area contributed by atoms with Crippen LogP contribution < -0.4 is 16.4 Å². The number of nitrogens with two attached hydrogens (primary N) is 1. The van der Waals surface area contributed by atoms with Crippen molar-refractivity contribution in [2.24, 2.45) is 5.73 Å². The quantitative estimate of drug-likeness (QED) is 0.412. The zero-order valence-electron chi connectivity index (χ0n) is 16.7. The number of fused-ring (bicyclic) bond motifs is 1.